The minimum Gasteiger partial charge on any atom is -0.263 e. The molecule has 3 rings (SSSR count). The standard InChI is InChI=1S/C19H17ClF2N2O2S/c1-3-24-18(19(21)22)16(12-4-8-14(20)9-5-12)17(23-24)13-6-10-15(11-7-13)27(2,25)26/h4-11,19H,3H2,1-2H3. The van der Waals surface area contributed by atoms with Crippen LogP contribution < -0.4 is 0 Å². The van der Waals surface area contributed by atoms with Crippen molar-refractivity contribution in [2.24, 2.45) is 0 Å². The Morgan fingerprint density at radius 3 is 2.07 bits per heavy atom. The van der Waals surface area contributed by atoms with E-state index in [0.29, 0.717) is 27.4 Å². The Morgan fingerprint density at radius 2 is 1.59 bits per heavy atom. The number of hydrogen-bond acceptors (Lipinski definition) is 3. The van der Waals surface area contributed by atoms with Crippen LogP contribution in [-0.4, -0.2) is 24.5 Å². The van der Waals surface area contributed by atoms with E-state index in [9.17, 15) is 17.2 Å². The molecule has 0 unspecified atom stereocenters. The molecule has 0 aliphatic heterocycles. The van der Waals surface area contributed by atoms with Gasteiger partial charge in [0.05, 0.1) is 4.90 Å². The van der Waals surface area contributed by atoms with Gasteiger partial charge in [0.1, 0.15) is 11.4 Å². The topological polar surface area (TPSA) is 52.0 Å². The Kier molecular flexibility index (Phi) is 5.35. The fraction of sp³-hybridized carbons (Fsp3) is 0.211. The molecule has 0 aliphatic carbocycles. The maximum atomic E-state index is 13.8. The van der Waals surface area contributed by atoms with E-state index < -0.39 is 16.3 Å². The minimum absolute atomic E-state index is 0.156. The molecule has 0 spiro atoms. The van der Waals surface area contributed by atoms with Gasteiger partial charge in [-0.25, -0.2) is 17.2 Å². The van der Waals surface area contributed by atoms with Gasteiger partial charge in [-0.15, -0.1) is 0 Å². The first-order valence-corrected chi connectivity index (χ1v) is 10.4. The van der Waals surface area contributed by atoms with Gasteiger partial charge in [-0.1, -0.05) is 35.9 Å². The fourth-order valence-electron chi connectivity index (χ4n) is 2.90. The van der Waals surface area contributed by atoms with Crippen LogP contribution in [0.2, 0.25) is 5.02 Å². The lowest BCUT2D eigenvalue weighted by Crippen LogP contribution is -2.03. The molecule has 0 fully saturated rings. The second-order valence-corrected chi connectivity index (χ2v) is 8.48. The molecule has 2 aromatic carbocycles. The van der Waals surface area contributed by atoms with Crippen LogP contribution in [0, 0.1) is 0 Å². The summed E-state index contributed by atoms with van der Waals surface area (Å²) in [5.41, 5.74) is 1.63. The maximum absolute atomic E-state index is 13.8. The molecular formula is C19H17ClF2N2O2S. The lowest BCUT2D eigenvalue weighted by Gasteiger charge is -2.08. The fourth-order valence-corrected chi connectivity index (χ4v) is 3.66. The monoisotopic (exact) mass is 410 g/mol. The van der Waals surface area contributed by atoms with Crippen molar-refractivity contribution >= 4 is 21.4 Å². The van der Waals surface area contributed by atoms with Gasteiger partial charge < -0.3 is 0 Å². The van der Waals surface area contributed by atoms with E-state index in [1.165, 1.54) is 16.8 Å². The molecular weight excluding hydrogens is 394 g/mol. The van der Waals surface area contributed by atoms with Gasteiger partial charge in [0.15, 0.2) is 9.84 Å². The summed E-state index contributed by atoms with van der Waals surface area (Å²) in [6, 6.07) is 12.6. The third kappa shape index (κ3) is 3.89. The summed E-state index contributed by atoms with van der Waals surface area (Å²) in [5, 5.41) is 4.86. The Labute approximate surface area is 161 Å². The van der Waals surface area contributed by atoms with Crippen molar-refractivity contribution < 1.29 is 17.2 Å². The molecule has 0 saturated carbocycles. The van der Waals surface area contributed by atoms with E-state index in [2.05, 4.69) is 5.10 Å². The molecule has 1 aromatic heterocycles. The molecule has 0 atom stereocenters. The number of benzene rings is 2. The van der Waals surface area contributed by atoms with Gasteiger partial charge in [0.2, 0.25) is 0 Å². The SMILES string of the molecule is CCn1nc(-c2ccc(S(C)(=O)=O)cc2)c(-c2ccc(Cl)cc2)c1C(F)F. The third-order valence-electron chi connectivity index (χ3n) is 4.19. The lowest BCUT2D eigenvalue weighted by atomic mass is 9.99. The summed E-state index contributed by atoms with van der Waals surface area (Å²) in [6.07, 6.45) is -1.60. The smallest absolute Gasteiger partial charge is 0.263 e. The average Bonchev–Trinajstić information content (AvgIpc) is 3.01. The van der Waals surface area contributed by atoms with Gasteiger partial charge in [0.25, 0.3) is 6.43 Å². The Morgan fingerprint density at radius 1 is 1.04 bits per heavy atom. The maximum Gasteiger partial charge on any atom is 0.280 e. The zero-order valence-corrected chi connectivity index (χ0v) is 16.2. The van der Waals surface area contributed by atoms with Crippen molar-refractivity contribution in [1.82, 2.24) is 9.78 Å². The molecule has 0 radical (unpaired) electrons. The Hall–Kier alpha value is -2.25. The first-order valence-electron chi connectivity index (χ1n) is 8.17. The molecule has 27 heavy (non-hydrogen) atoms. The summed E-state index contributed by atoms with van der Waals surface area (Å²) < 4.78 is 52.2. The number of halogens is 3. The van der Waals surface area contributed by atoms with Crippen LogP contribution in [-0.2, 0) is 16.4 Å². The van der Waals surface area contributed by atoms with Crippen molar-refractivity contribution in [3.63, 3.8) is 0 Å². The van der Waals surface area contributed by atoms with E-state index in [0.717, 1.165) is 6.26 Å². The van der Waals surface area contributed by atoms with Gasteiger partial charge in [-0.3, -0.25) is 4.68 Å². The van der Waals surface area contributed by atoms with Crippen molar-refractivity contribution in [2.45, 2.75) is 24.8 Å². The Bertz CT molecular complexity index is 1060. The molecule has 4 nitrogen and oxygen atoms in total. The van der Waals surface area contributed by atoms with Crippen LogP contribution in [0.1, 0.15) is 19.0 Å². The number of hydrogen-bond donors (Lipinski definition) is 0. The van der Waals surface area contributed by atoms with Gasteiger partial charge >= 0.3 is 0 Å². The number of aryl methyl sites for hydroxylation is 1. The molecule has 0 amide bonds. The largest absolute Gasteiger partial charge is 0.280 e. The third-order valence-corrected chi connectivity index (χ3v) is 5.57. The highest BCUT2D eigenvalue weighted by atomic mass is 35.5. The molecule has 3 aromatic rings. The van der Waals surface area contributed by atoms with Crippen LogP contribution in [0.25, 0.3) is 22.4 Å². The van der Waals surface area contributed by atoms with Crippen molar-refractivity contribution in [2.75, 3.05) is 6.26 Å². The van der Waals surface area contributed by atoms with E-state index >= 15 is 0 Å². The summed E-state index contributed by atoms with van der Waals surface area (Å²) in [4.78, 5) is 0.156. The van der Waals surface area contributed by atoms with Crippen LogP contribution in [0.4, 0.5) is 8.78 Å². The zero-order chi connectivity index (χ0) is 19.8. The molecule has 0 bridgehead atoms. The molecule has 0 saturated heterocycles. The summed E-state index contributed by atoms with van der Waals surface area (Å²) in [6.45, 7) is 2.02. The molecule has 0 N–H and O–H groups in total. The number of rotatable bonds is 5. The van der Waals surface area contributed by atoms with E-state index in [1.807, 2.05) is 0 Å². The Balaban J connectivity index is 2.24. The number of nitrogens with zero attached hydrogens (tertiary/aromatic N) is 2. The molecule has 8 heteroatoms. The highest BCUT2D eigenvalue weighted by Gasteiger charge is 2.26. The first kappa shape index (κ1) is 19.5. The van der Waals surface area contributed by atoms with Crippen LogP contribution in [0.15, 0.2) is 53.4 Å². The van der Waals surface area contributed by atoms with Crippen LogP contribution in [0.3, 0.4) is 0 Å². The quantitative estimate of drug-likeness (QED) is 0.578. The van der Waals surface area contributed by atoms with Crippen molar-refractivity contribution in [3.8, 4) is 22.4 Å². The summed E-state index contributed by atoms with van der Waals surface area (Å²) >= 11 is 5.93. The van der Waals surface area contributed by atoms with E-state index in [4.69, 9.17) is 11.6 Å². The number of alkyl halides is 2. The molecule has 1 heterocycles. The minimum atomic E-state index is -3.35. The predicted octanol–water partition coefficient (Wildman–Crippen LogP) is 5.23. The van der Waals surface area contributed by atoms with Crippen molar-refractivity contribution in [1.29, 1.82) is 0 Å². The highest BCUT2D eigenvalue weighted by Crippen LogP contribution is 2.39. The summed E-state index contributed by atoms with van der Waals surface area (Å²) in [7, 11) is -3.35. The highest BCUT2D eigenvalue weighted by molar-refractivity contribution is 7.90. The second-order valence-electron chi connectivity index (χ2n) is 6.03. The predicted molar refractivity (Wildman–Crippen MR) is 102 cm³/mol. The number of sulfone groups is 1. The van der Waals surface area contributed by atoms with Crippen LogP contribution >= 0.6 is 11.6 Å². The lowest BCUT2D eigenvalue weighted by molar-refractivity contribution is 0.140. The van der Waals surface area contributed by atoms with Crippen LogP contribution in [0.5, 0.6) is 0 Å². The molecule has 142 valence electrons. The van der Waals surface area contributed by atoms with Gasteiger partial charge in [-0.05, 0) is 36.8 Å². The average molecular weight is 411 g/mol. The van der Waals surface area contributed by atoms with Gasteiger partial charge in [-0.2, -0.15) is 5.10 Å². The number of aromatic nitrogens is 2. The van der Waals surface area contributed by atoms with Gasteiger partial charge in [0, 0.05) is 29.0 Å². The first-order chi connectivity index (χ1) is 12.7. The normalized spacial score (nSPS) is 11.9. The van der Waals surface area contributed by atoms with Crippen molar-refractivity contribution in [3.05, 3.63) is 59.2 Å². The molecule has 0 aliphatic rings. The zero-order valence-electron chi connectivity index (χ0n) is 14.7. The summed E-state index contributed by atoms with van der Waals surface area (Å²) in [5.74, 6) is 0. The second kappa shape index (κ2) is 7.40. The van der Waals surface area contributed by atoms with E-state index in [1.54, 1.807) is 43.3 Å². The van der Waals surface area contributed by atoms with E-state index in [-0.39, 0.29) is 17.1 Å².